The van der Waals surface area contributed by atoms with Crippen LogP contribution in [0.2, 0.25) is 0 Å². The number of unbranched alkanes of at least 4 members (excludes halogenated alkanes) is 2. The lowest BCUT2D eigenvalue weighted by Gasteiger charge is -2.09. The van der Waals surface area contributed by atoms with Gasteiger partial charge in [0.05, 0.1) is 0 Å². The van der Waals surface area contributed by atoms with Crippen molar-refractivity contribution < 1.29 is 0 Å². The highest BCUT2D eigenvalue weighted by molar-refractivity contribution is 6.12. The zero-order chi connectivity index (χ0) is 9.52. The highest BCUT2D eigenvalue weighted by atomic mass is 14.7. The van der Waals surface area contributed by atoms with Gasteiger partial charge in [-0.1, -0.05) is 38.7 Å². The van der Waals surface area contributed by atoms with E-state index in [9.17, 15) is 0 Å². The Morgan fingerprint density at radius 3 is 2.85 bits per heavy atom. The lowest BCUT2D eigenvalue weighted by molar-refractivity contribution is 0.648. The van der Waals surface area contributed by atoms with Crippen LogP contribution in [-0.4, -0.2) is 12.8 Å². The molecule has 0 aliphatic heterocycles. The van der Waals surface area contributed by atoms with Crippen molar-refractivity contribution in [1.82, 2.24) is 4.98 Å². The highest BCUT2D eigenvalue weighted by Gasteiger charge is 2.04. The van der Waals surface area contributed by atoms with Gasteiger partial charge in [-0.05, 0) is 17.9 Å². The van der Waals surface area contributed by atoms with Crippen LogP contribution in [0.15, 0.2) is 24.4 Å². The molecule has 0 aliphatic carbocycles. The van der Waals surface area contributed by atoms with Crippen LogP contribution in [0.1, 0.15) is 44.1 Å². The van der Waals surface area contributed by atoms with Gasteiger partial charge in [-0.2, -0.15) is 0 Å². The van der Waals surface area contributed by atoms with Crippen LogP contribution in [0.5, 0.6) is 0 Å². The molecule has 2 heteroatoms. The third kappa shape index (κ3) is 3.62. The van der Waals surface area contributed by atoms with E-state index in [1.807, 2.05) is 12.3 Å². The number of nitrogens with zero attached hydrogens (tertiary/aromatic N) is 1. The minimum atomic E-state index is 0.618. The zero-order valence-electron chi connectivity index (χ0n) is 8.66. The Bertz CT molecular complexity index is 223. The van der Waals surface area contributed by atoms with Gasteiger partial charge in [0.1, 0.15) is 7.85 Å². The van der Waals surface area contributed by atoms with E-state index in [4.69, 9.17) is 0 Å². The van der Waals surface area contributed by atoms with Crippen LogP contribution in [0.25, 0.3) is 0 Å². The Labute approximate surface area is 82.0 Å². The number of hydrogen-bond donors (Lipinski definition) is 0. The van der Waals surface area contributed by atoms with Gasteiger partial charge < -0.3 is 0 Å². The molecule has 0 aliphatic rings. The summed E-state index contributed by atoms with van der Waals surface area (Å²) in [5, 5.41) is 0. The third-order valence-electron chi connectivity index (χ3n) is 2.43. The monoisotopic (exact) mass is 175 g/mol. The molecule has 0 fully saturated rings. The smallest absolute Gasteiger partial charge is 0.113 e. The summed E-state index contributed by atoms with van der Waals surface area (Å²) in [5.74, 6) is 0.618. The average molecular weight is 175 g/mol. The molecular formula is C11H18BN. The molecule has 13 heavy (non-hydrogen) atoms. The van der Waals surface area contributed by atoms with Gasteiger partial charge in [0.15, 0.2) is 0 Å². The van der Waals surface area contributed by atoms with Crippen LogP contribution < -0.4 is 0 Å². The van der Waals surface area contributed by atoms with E-state index in [2.05, 4.69) is 31.9 Å². The van der Waals surface area contributed by atoms with Crippen molar-refractivity contribution in [2.24, 2.45) is 0 Å². The first-order chi connectivity index (χ1) is 6.34. The fourth-order valence-electron chi connectivity index (χ4n) is 1.52. The van der Waals surface area contributed by atoms with Crippen LogP contribution >= 0.6 is 0 Å². The predicted octanol–water partition coefficient (Wildman–Crippen LogP) is 2.34. The van der Waals surface area contributed by atoms with Crippen molar-refractivity contribution in [3.63, 3.8) is 0 Å². The van der Waals surface area contributed by atoms with Gasteiger partial charge in [0.2, 0.25) is 0 Å². The van der Waals surface area contributed by atoms with Crippen LogP contribution in [0.4, 0.5) is 0 Å². The quantitative estimate of drug-likeness (QED) is 0.494. The van der Waals surface area contributed by atoms with Gasteiger partial charge in [-0.15, -0.1) is 0 Å². The molecule has 1 nitrogen and oxygen atoms in total. The van der Waals surface area contributed by atoms with Crippen molar-refractivity contribution in [1.29, 1.82) is 0 Å². The Morgan fingerprint density at radius 1 is 1.38 bits per heavy atom. The number of rotatable bonds is 5. The van der Waals surface area contributed by atoms with Crippen molar-refractivity contribution in [2.75, 3.05) is 0 Å². The molecule has 0 spiro atoms. The maximum absolute atomic E-state index is 4.36. The fourth-order valence-corrected chi connectivity index (χ4v) is 1.52. The molecule has 0 radical (unpaired) electrons. The maximum Gasteiger partial charge on any atom is 0.113 e. The molecule has 1 aromatic heterocycles. The van der Waals surface area contributed by atoms with Crippen LogP contribution in [0, 0.1) is 0 Å². The van der Waals surface area contributed by atoms with Crippen LogP contribution in [0.3, 0.4) is 0 Å². The SMILES string of the molecule is BC(CCCCC)c1ccccn1. The maximum atomic E-state index is 4.36. The Hall–Kier alpha value is -0.785. The minimum Gasteiger partial charge on any atom is -0.262 e. The molecule has 1 atom stereocenters. The zero-order valence-corrected chi connectivity index (χ0v) is 8.66. The van der Waals surface area contributed by atoms with Crippen molar-refractivity contribution in [3.8, 4) is 0 Å². The topological polar surface area (TPSA) is 12.9 Å². The summed E-state index contributed by atoms with van der Waals surface area (Å²) in [6, 6.07) is 6.16. The first-order valence-electron chi connectivity index (χ1n) is 5.25. The van der Waals surface area contributed by atoms with E-state index in [1.54, 1.807) is 0 Å². The standard InChI is InChI=1S/C11H18BN/c1-2-3-4-7-10(12)11-8-5-6-9-13-11/h5-6,8-10H,2-4,7,12H2,1H3. The molecule has 0 saturated carbocycles. The minimum absolute atomic E-state index is 0.618. The first-order valence-corrected chi connectivity index (χ1v) is 5.25. The Morgan fingerprint density at radius 2 is 2.23 bits per heavy atom. The van der Waals surface area contributed by atoms with Crippen molar-refractivity contribution >= 4 is 7.85 Å². The summed E-state index contributed by atoms with van der Waals surface area (Å²) in [6.07, 6.45) is 7.12. The van der Waals surface area contributed by atoms with E-state index in [1.165, 1.54) is 31.4 Å². The molecule has 70 valence electrons. The van der Waals surface area contributed by atoms with Gasteiger partial charge >= 0.3 is 0 Å². The molecule has 0 bridgehead atoms. The molecule has 1 heterocycles. The third-order valence-corrected chi connectivity index (χ3v) is 2.43. The van der Waals surface area contributed by atoms with E-state index in [-0.39, 0.29) is 0 Å². The highest BCUT2D eigenvalue weighted by Crippen LogP contribution is 2.16. The van der Waals surface area contributed by atoms with E-state index >= 15 is 0 Å². The normalized spacial score (nSPS) is 12.7. The summed E-state index contributed by atoms with van der Waals surface area (Å²) in [7, 11) is 2.26. The summed E-state index contributed by atoms with van der Waals surface area (Å²) in [6.45, 7) is 2.24. The first kappa shape index (κ1) is 10.3. The van der Waals surface area contributed by atoms with E-state index in [0.717, 1.165) is 0 Å². The Balaban J connectivity index is 2.35. The van der Waals surface area contributed by atoms with Gasteiger partial charge in [0.25, 0.3) is 0 Å². The summed E-state index contributed by atoms with van der Waals surface area (Å²) in [4.78, 5) is 4.36. The molecule has 1 unspecified atom stereocenters. The molecule has 1 rings (SSSR count). The molecule has 0 saturated heterocycles. The lowest BCUT2D eigenvalue weighted by Crippen LogP contribution is -2.00. The second-order valence-electron chi connectivity index (χ2n) is 3.65. The van der Waals surface area contributed by atoms with Gasteiger partial charge in [-0.3, -0.25) is 4.98 Å². The van der Waals surface area contributed by atoms with E-state index in [0.29, 0.717) is 5.82 Å². The molecule has 0 N–H and O–H groups in total. The summed E-state index contributed by atoms with van der Waals surface area (Å²) in [5.41, 5.74) is 1.23. The molecule has 0 aromatic carbocycles. The Kier molecular flexibility index (Phi) is 4.59. The lowest BCUT2D eigenvalue weighted by atomic mass is 9.80. The second-order valence-corrected chi connectivity index (χ2v) is 3.65. The number of aromatic nitrogens is 1. The predicted molar refractivity (Wildman–Crippen MR) is 59.7 cm³/mol. The summed E-state index contributed by atoms with van der Waals surface area (Å²) < 4.78 is 0. The summed E-state index contributed by atoms with van der Waals surface area (Å²) >= 11 is 0. The average Bonchev–Trinajstić information content (AvgIpc) is 2.19. The van der Waals surface area contributed by atoms with Crippen molar-refractivity contribution in [3.05, 3.63) is 30.1 Å². The van der Waals surface area contributed by atoms with Crippen molar-refractivity contribution in [2.45, 2.75) is 38.4 Å². The fraction of sp³-hybridized carbons (Fsp3) is 0.545. The second kappa shape index (κ2) is 5.79. The number of pyridine rings is 1. The van der Waals surface area contributed by atoms with Crippen LogP contribution in [-0.2, 0) is 0 Å². The molecular weight excluding hydrogens is 157 g/mol. The molecule has 0 amide bonds. The van der Waals surface area contributed by atoms with Gasteiger partial charge in [-0.25, -0.2) is 0 Å². The molecule has 1 aromatic rings. The van der Waals surface area contributed by atoms with Gasteiger partial charge in [0, 0.05) is 11.9 Å². The number of hydrogen-bond acceptors (Lipinski definition) is 1. The van der Waals surface area contributed by atoms with E-state index < -0.39 is 0 Å². The largest absolute Gasteiger partial charge is 0.262 e.